The molecule has 32 heavy (non-hydrogen) atoms. The van der Waals surface area contributed by atoms with Gasteiger partial charge in [0.1, 0.15) is 6.10 Å². The molecule has 0 N–H and O–H groups in total. The van der Waals surface area contributed by atoms with E-state index >= 15 is 0 Å². The number of rotatable bonds is 10. The van der Waals surface area contributed by atoms with Crippen molar-refractivity contribution in [2.75, 3.05) is 6.61 Å². The summed E-state index contributed by atoms with van der Waals surface area (Å²) in [5.41, 5.74) is 2.72. The van der Waals surface area contributed by atoms with Crippen molar-refractivity contribution in [3.8, 4) is 0 Å². The third kappa shape index (κ3) is 6.89. The van der Waals surface area contributed by atoms with Crippen LogP contribution in [0.4, 0.5) is 0 Å². The molecule has 1 aliphatic heterocycles. The van der Waals surface area contributed by atoms with Gasteiger partial charge in [-0.05, 0) is 16.7 Å². The third-order valence-electron chi connectivity index (χ3n) is 5.45. The van der Waals surface area contributed by atoms with Crippen molar-refractivity contribution in [3.63, 3.8) is 0 Å². The van der Waals surface area contributed by atoms with Crippen molar-refractivity contribution in [3.05, 3.63) is 108 Å². The van der Waals surface area contributed by atoms with Crippen molar-refractivity contribution in [2.45, 2.75) is 50.1 Å². The maximum absolute atomic E-state index is 6.63. The van der Waals surface area contributed by atoms with Crippen molar-refractivity contribution in [2.24, 2.45) is 0 Å². The highest BCUT2D eigenvalue weighted by molar-refractivity contribution is 6.20. The van der Waals surface area contributed by atoms with E-state index in [1.165, 1.54) is 0 Å². The average molecular weight is 453 g/mol. The molecule has 1 aliphatic rings. The molecule has 0 aromatic heterocycles. The van der Waals surface area contributed by atoms with E-state index in [1.54, 1.807) is 0 Å². The Bertz CT molecular complexity index is 907. The van der Waals surface area contributed by atoms with Gasteiger partial charge in [-0.15, -0.1) is 0 Å². The summed E-state index contributed by atoms with van der Waals surface area (Å²) in [6.07, 6.45) is -0.0605. The van der Waals surface area contributed by atoms with Gasteiger partial charge in [-0.3, -0.25) is 0 Å². The average Bonchev–Trinajstić information content (AvgIpc) is 2.84. The Morgan fingerprint density at radius 1 is 0.688 bits per heavy atom. The van der Waals surface area contributed by atoms with E-state index in [1.807, 2.05) is 78.9 Å². The van der Waals surface area contributed by atoms with Gasteiger partial charge in [0.2, 0.25) is 0 Å². The molecule has 0 saturated carbocycles. The molecule has 4 atom stereocenters. The van der Waals surface area contributed by atoms with Gasteiger partial charge in [-0.1, -0.05) is 103 Å². The van der Waals surface area contributed by atoms with E-state index in [0.29, 0.717) is 32.8 Å². The van der Waals surface area contributed by atoms with Gasteiger partial charge in [0.05, 0.1) is 38.6 Å². The predicted molar refractivity (Wildman–Crippen MR) is 125 cm³/mol. The second-order valence-electron chi connectivity index (χ2n) is 7.94. The lowest BCUT2D eigenvalue weighted by molar-refractivity contribution is -0.194. The highest BCUT2D eigenvalue weighted by Crippen LogP contribution is 2.29. The zero-order valence-electron chi connectivity index (χ0n) is 18.0. The Morgan fingerprint density at radius 2 is 1.19 bits per heavy atom. The normalized spacial score (nSPS) is 23.2. The molecular weight excluding hydrogens is 424 g/mol. The van der Waals surface area contributed by atoms with E-state index in [9.17, 15) is 0 Å². The highest BCUT2D eigenvalue weighted by Gasteiger charge is 2.39. The first-order valence-electron chi connectivity index (χ1n) is 11.0. The van der Waals surface area contributed by atoms with E-state index in [2.05, 4.69) is 12.1 Å². The summed E-state index contributed by atoms with van der Waals surface area (Å²) in [7, 11) is 0. The van der Waals surface area contributed by atoms with E-state index < -0.39 is 5.56 Å². The molecule has 4 rings (SSSR count). The maximum atomic E-state index is 6.63. The summed E-state index contributed by atoms with van der Waals surface area (Å²) in [5.74, 6) is 0. The molecule has 5 heteroatoms. The lowest BCUT2D eigenvalue weighted by Crippen LogP contribution is -2.49. The molecule has 4 unspecified atom stereocenters. The third-order valence-corrected chi connectivity index (χ3v) is 5.80. The summed E-state index contributed by atoms with van der Waals surface area (Å²) in [4.78, 5) is 0. The lowest BCUT2D eigenvalue weighted by Gasteiger charge is -2.39. The lowest BCUT2D eigenvalue weighted by atomic mass is 10.0. The van der Waals surface area contributed by atoms with Crippen LogP contribution >= 0.6 is 11.6 Å². The van der Waals surface area contributed by atoms with Gasteiger partial charge in [0, 0.05) is 6.42 Å². The Balaban J connectivity index is 1.36. The topological polar surface area (TPSA) is 36.9 Å². The number of ether oxygens (including phenoxy) is 4. The van der Waals surface area contributed by atoms with Crippen LogP contribution in [-0.4, -0.2) is 30.5 Å². The van der Waals surface area contributed by atoms with Crippen molar-refractivity contribution in [1.82, 2.24) is 0 Å². The Labute approximate surface area is 195 Å². The molecular formula is C27H29ClO4. The fourth-order valence-electron chi connectivity index (χ4n) is 3.76. The van der Waals surface area contributed by atoms with Gasteiger partial charge in [0.15, 0.2) is 5.56 Å². The summed E-state index contributed by atoms with van der Waals surface area (Å²) < 4.78 is 24.4. The first kappa shape index (κ1) is 23.0. The van der Waals surface area contributed by atoms with Crippen LogP contribution < -0.4 is 0 Å². The zero-order chi connectivity index (χ0) is 22.0. The predicted octanol–water partition coefficient (Wildman–Crippen LogP) is 5.73. The van der Waals surface area contributed by atoms with Gasteiger partial charge in [-0.25, -0.2) is 0 Å². The van der Waals surface area contributed by atoms with Crippen LogP contribution in [0.2, 0.25) is 0 Å². The van der Waals surface area contributed by atoms with Crippen LogP contribution in [0.15, 0.2) is 91.0 Å². The Morgan fingerprint density at radius 3 is 1.75 bits per heavy atom. The van der Waals surface area contributed by atoms with Crippen molar-refractivity contribution in [1.29, 1.82) is 0 Å². The number of hydrogen-bond donors (Lipinski definition) is 0. The summed E-state index contributed by atoms with van der Waals surface area (Å²) in [6, 6.07) is 30.3. The minimum atomic E-state index is -0.612. The minimum absolute atomic E-state index is 0.154. The quantitative estimate of drug-likeness (QED) is 0.368. The largest absolute Gasteiger partial charge is 0.374 e. The van der Waals surface area contributed by atoms with E-state index in [4.69, 9.17) is 30.5 Å². The molecule has 1 heterocycles. The summed E-state index contributed by atoms with van der Waals surface area (Å²) in [5, 5.41) is 0. The number of alkyl halides is 1. The molecule has 1 fully saturated rings. The second-order valence-corrected chi connectivity index (χ2v) is 8.37. The molecule has 168 valence electrons. The monoisotopic (exact) mass is 452 g/mol. The standard InChI is InChI=1S/C27H29ClO4/c28-27-26(31-19-23-14-8-3-9-15-23)25(30-18-22-12-6-2-7-13-22)16-24(32-27)20-29-17-21-10-4-1-5-11-21/h1-15,24-27H,16-20H2. The van der Waals surface area contributed by atoms with Crippen LogP contribution in [0, 0.1) is 0 Å². The van der Waals surface area contributed by atoms with Crippen LogP contribution in [0.1, 0.15) is 23.1 Å². The molecule has 3 aromatic carbocycles. The van der Waals surface area contributed by atoms with Crippen LogP contribution in [-0.2, 0) is 38.8 Å². The van der Waals surface area contributed by atoms with Crippen LogP contribution in [0.25, 0.3) is 0 Å². The summed E-state index contributed by atoms with van der Waals surface area (Å²) in [6.45, 7) is 1.95. The molecule has 3 aromatic rings. The van der Waals surface area contributed by atoms with Crippen LogP contribution in [0.3, 0.4) is 0 Å². The molecule has 0 bridgehead atoms. The summed E-state index contributed by atoms with van der Waals surface area (Å²) >= 11 is 6.63. The highest BCUT2D eigenvalue weighted by atomic mass is 35.5. The number of hydrogen-bond acceptors (Lipinski definition) is 4. The zero-order valence-corrected chi connectivity index (χ0v) is 18.8. The number of benzene rings is 3. The van der Waals surface area contributed by atoms with Crippen LogP contribution in [0.5, 0.6) is 0 Å². The molecule has 4 nitrogen and oxygen atoms in total. The van der Waals surface area contributed by atoms with Gasteiger partial charge in [-0.2, -0.15) is 0 Å². The van der Waals surface area contributed by atoms with E-state index in [-0.39, 0.29) is 18.3 Å². The number of halogens is 1. The Hall–Kier alpha value is -2.21. The smallest absolute Gasteiger partial charge is 0.160 e. The van der Waals surface area contributed by atoms with E-state index in [0.717, 1.165) is 16.7 Å². The van der Waals surface area contributed by atoms with Gasteiger partial charge in [0.25, 0.3) is 0 Å². The fourth-order valence-corrected chi connectivity index (χ4v) is 4.14. The molecule has 1 saturated heterocycles. The fraction of sp³-hybridized carbons (Fsp3) is 0.333. The first-order valence-corrected chi connectivity index (χ1v) is 11.4. The van der Waals surface area contributed by atoms with Crippen molar-refractivity contribution >= 4 is 11.6 Å². The molecule has 0 radical (unpaired) electrons. The van der Waals surface area contributed by atoms with Gasteiger partial charge >= 0.3 is 0 Å². The molecule has 0 amide bonds. The first-order chi connectivity index (χ1) is 15.8. The van der Waals surface area contributed by atoms with Gasteiger partial charge < -0.3 is 18.9 Å². The maximum Gasteiger partial charge on any atom is 0.160 e. The molecule has 0 spiro atoms. The Kier molecular flexibility index (Phi) is 8.71. The molecule has 0 aliphatic carbocycles. The SMILES string of the molecule is ClC1OC(COCc2ccccc2)CC(OCc2ccccc2)C1OCc1ccccc1. The van der Waals surface area contributed by atoms with Crippen molar-refractivity contribution < 1.29 is 18.9 Å². The second kappa shape index (κ2) is 12.1. The minimum Gasteiger partial charge on any atom is -0.374 e.